The highest BCUT2D eigenvalue weighted by Crippen LogP contribution is 2.19. The molecule has 3 aromatic carbocycles. The second-order valence-electron chi connectivity index (χ2n) is 6.71. The van der Waals surface area contributed by atoms with Crippen LogP contribution < -0.4 is 14.9 Å². The molecule has 0 fully saturated rings. The van der Waals surface area contributed by atoms with Crippen LogP contribution in [0.15, 0.2) is 77.9 Å². The van der Waals surface area contributed by atoms with E-state index in [0.29, 0.717) is 27.6 Å². The Morgan fingerprint density at radius 2 is 1.73 bits per heavy atom. The van der Waals surface area contributed by atoms with Crippen molar-refractivity contribution in [2.24, 2.45) is 5.10 Å². The van der Waals surface area contributed by atoms with Crippen LogP contribution in [0.5, 0.6) is 11.5 Å². The number of ether oxygens (including phenoxy) is 2. The summed E-state index contributed by atoms with van der Waals surface area (Å²) in [4.78, 5) is 34.4. The van der Waals surface area contributed by atoms with E-state index in [1.807, 2.05) is 0 Å². The van der Waals surface area contributed by atoms with E-state index in [2.05, 4.69) is 10.5 Å². The van der Waals surface area contributed by atoms with E-state index in [4.69, 9.17) is 21.1 Å². The van der Waals surface area contributed by atoms with Crippen molar-refractivity contribution in [1.82, 2.24) is 5.43 Å². The van der Waals surface area contributed by atoms with Crippen molar-refractivity contribution < 1.29 is 24.0 Å². The van der Waals surface area contributed by atoms with Crippen LogP contribution in [0.25, 0.3) is 0 Å². The van der Waals surface area contributed by atoms with Crippen molar-refractivity contribution in [3.05, 3.63) is 99.1 Å². The molecule has 3 rings (SSSR count). The first-order valence-corrected chi connectivity index (χ1v) is 10.0. The lowest BCUT2D eigenvalue weighted by Gasteiger charge is -2.12. The summed E-state index contributed by atoms with van der Waals surface area (Å²) in [6, 6.07) is 18.3. The first kappa shape index (κ1) is 23.4. The molecular weight excluding hydrogens is 450 g/mol. The minimum absolute atomic E-state index is 0.0747. The van der Waals surface area contributed by atoms with Gasteiger partial charge in [0.1, 0.15) is 11.5 Å². The molecule has 1 atom stereocenters. The smallest absolute Gasteiger partial charge is 0.343 e. The maximum absolute atomic E-state index is 12.1. The number of carbonyl (C=O) groups excluding carboxylic acids is 2. The van der Waals surface area contributed by atoms with E-state index in [0.717, 1.165) is 0 Å². The van der Waals surface area contributed by atoms with E-state index in [1.54, 1.807) is 42.5 Å². The molecule has 0 aliphatic heterocycles. The van der Waals surface area contributed by atoms with E-state index < -0.39 is 22.9 Å². The molecule has 0 aromatic heterocycles. The Kier molecular flexibility index (Phi) is 7.72. The number of esters is 1. The SMILES string of the molecule is C[C@@H](Oc1ccc([N+](=O)[O-])cc1)C(=O)N/N=C\c1ccc(OC(=O)c2cccc(Cl)c2)cc1. The van der Waals surface area contributed by atoms with E-state index >= 15 is 0 Å². The normalized spacial score (nSPS) is 11.6. The van der Waals surface area contributed by atoms with Crippen molar-refractivity contribution in [2.45, 2.75) is 13.0 Å². The lowest BCUT2D eigenvalue weighted by atomic mass is 10.2. The number of nitro benzene ring substituents is 1. The van der Waals surface area contributed by atoms with Crippen molar-refractivity contribution in [3.63, 3.8) is 0 Å². The summed E-state index contributed by atoms with van der Waals surface area (Å²) in [5.41, 5.74) is 3.27. The molecule has 0 bridgehead atoms. The predicted molar refractivity (Wildman–Crippen MR) is 122 cm³/mol. The zero-order chi connectivity index (χ0) is 23.8. The van der Waals surface area contributed by atoms with E-state index in [1.165, 1.54) is 43.5 Å². The molecule has 0 aliphatic rings. The molecule has 0 heterocycles. The lowest BCUT2D eigenvalue weighted by molar-refractivity contribution is -0.384. The number of rotatable bonds is 8. The molecule has 0 aliphatic carbocycles. The first-order chi connectivity index (χ1) is 15.8. The third-order valence-corrected chi connectivity index (χ3v) is 4.50. The average molecular weight is 468 g/mol. The molecular formula is C23H18ClN3O6. The third kappa shape index (κ3) is 6.88. The van der Waals surface area contributed by atoms with Gasteiger partial charge >= 0.3 is 5.97 Å². The zero-order valence-corrected chi connectivity index (χ0v) is 18.1. The van der Waals surface area contributed by atoms with Gasteiger partial charge in [-0.15, -0.1) is 0 Å². The fraction of sp³-hybridized carbons (Fsp3) is 0.0870. The van der Waals surface area contributed by atoms with Gasteiger partial charge in [-0.2, -0.15) is 5.10 Å². The minimum atomic E-state index is -0.878. The first-order valence-electron chi connectivity index (χ1n) is 9.63. The van der Waals surface area contributed by atoms with Crippen molar-refractivity contribution >= 4 is 35.4 Å². The second kappa shape index (κ2) is 10.9. The quantitative estimate of drug-likeness (QED) is 0.172. The number of nitro groups is 1. The minimum Gasteiger partial charge on any atom is -0.481 e. The third-order valence-electron chi connectivity index (χ3n) is 4.27. The summed E-state index contributed by atoms with van der Waals surface area (Å²) >= 11 is 5.88. The predicted octanol–water partition coefficient (Wildman–Crippen LogP) is 4.39. The summed E-state index contributed by atoms with van der Waals surface area (Å²) < 4.78 is 10.7. The topological polar surface area (TPSA) is 120 Å². The van der Waals surface area contributed by atoms with E-state index in [9.17, 15) is 19.7 Å². The summed E-state index contributed by atoms with van der Waals surface area (Å²) in [5.74, 6) is -0.383. The van der Waals surface area contributed by atoms with Crippen LogP contribution >= 0.6 is 11.6 Å². The number of non-ortho nitro benzene ring substituents is 1. The number of benzene rings is 3. The van der Waals surface area contributed by atoms with Gasteiger partial charge in [-0.25, -0.2) is 10.2 Å². The molecule has 33 heavy (non-hydrogen) atoms. The zero-order valence-electron chi connectivity index (χ0n) is 17.3. The number of halogens is 1. The van der Waals surface area contributed by atoms with Gasteiger partial charge in [0.25, 0.3) is 11.6 Å². The molecule has 0 radical (unpaired) electrons. The Bertz CT molecular complexity index is 1180. The number of hydrogen-bond acceptors (Lipinski definition) is 7. The molecule has 3 aromatic rings. The Hall–Kier alpha value is -4.24. The molecule has 1 amide bonds. The monoisotopic (exact) mass is 467 g/mol. The van der Waals surface area contributed by atoms with Crippen LogP contribution in [-0.2, 0) is 4.79 Å². The molecule has 0 unspecified atom stereocenters. The van der Waals surface area contributed by atoms with Crippen molar-refractivity contribution in [3.8, 4) is 11.5 Å². The van der Waals surface area contributed by atoms with Gasteiger partial charge in [-0.05, 0) is 67.1 Å². The van der Waals surface area contributed by atoms with Gasteiger partial charge < -0.3 is 9.47 Å². The molecule has 0 saturated carbocycles. The summed E-state index contributed by atoms with van der Waals surface area (Å²) in [5, 5.41) is 15.0. The Labute approximate surface area is 193 Å². The van der Waals surface area contributed by atoms with Crippen LogP contribution in [0.3, 0.4) is 0 Å². The van der Waals surface area contributed by atoms with Crippen LogP contribution in [-0.4, -0.2) is 29.1 Å². The number of carbonyl (C=O) groups is 2. The summed E-state index contributed by atoms with van der Waals surface area (Å²) in [7, 11) is 0. The maximum atomic E-state index is 12.1. The van der Waals surface area contributed by atoms with E-state index in [-0.39, 0.29) is 5.69 Å². The second-order valence-corrected chi connectivity index (χ2v) is 7.15. The fourth-order valence-corrected chi connectivity index (χ4v) is 2.76. The molecule has 1 N–H and O–H groups in total. The van der Waals surface area contributed by atoms with Crippen LogP contribution in [0, 0.1) is 10.1 Å². The summed E-state index contributed by atoms with van der Waals surface area (Å²) in [6.07, 6.45) is 0.538. The molecule has 10 heteroatoms. The number of hydrazone groups is 1. The maximum Gasteiger partial charge on any atom is 0.343 e. The van der Waals surface area contributed by atoms with Crippen LogP contribution in [0.4, 0.5) is 5.69 Å². The highest BCUT2D eigenvalue weighted by molar-refractivity contribution is 6.30. The Morgan fingerprint density at radius 1 is 1.06 bits per heavy atom. The largest absolute Gasteiger partial charge is 0.481 e. The number of nitrogens with zero attached hydrogens (tertiary/aromatic N) is 2. The molecule has 9 nitrogen and oxygen atoms in total. The van der Waals surface area contributed by atoms with Gasteiger partial charge in [0, 0.05) is 17.2 Å². The van der Waals surface area contributed by atoms with Gasteiger partial charge in [-0.1, -0.05) is 17.7 Å². The van der Waals surface area contributed by atoms with Gasteiger partial charge in [0.2, 0.25) is 0 Å². The molecule has 168 valence electrons. The summed E-state index contributed by atoms with van der Waals surface area (Å²) in [6.45, 7) is 1.52. The standard InChI is InChI=1S/C23H18ClN3O6/c1-15(32-20-11-7-19(8-12-20)27(30)31)22(28)26-25-14-16-5-9-21(10-6-16)33-23(29)17-3-2-4-18(24)13-17/h2-15H,1H3,(H,26,28)/b25-14-/t15-/m1/s1. The number of amides is 1. The Balaban J connectivity index is 1.49. The van der Waals surface area contributed by atoms with Gasteiger partial charge in [0.15, 0.2) is 6.10 Å². The fourth-order valence-electron chi connectivity index (χ4n) is 2.57. The molecule has 0 spiro atoms. The van der Waals surface area contributed by atoms with Gasteiger partial charge in [-0.3, -0.25) is 14.9 Å². The average Bonchev–Trinajstić information content (AvgIpc) is 2.80. The highest BCUT2D eigenvalue weighted by atomic mass is 35.5. The van der Waals surface area contributed by atoms with Crippen molar-refractivity contribution in [2.75, 3.05) is 0 Å². The number of nitrogens with one attached hydrogen (secondary N) is 1. The lowest BCUT2D eigenvalue weighted by Crippen LogP contribution is -2.33. The Morgan fingerprint density at radius 3 is 2.36 bits per heavy atom. The van der Waals surface area contributed by atoms with Crippen molar-refractivity contribution in [1.29, 1.82) is 0 Å². The number of hydrogen-bond donors (Lipinski definition) is 1. The molecule has 0 saturated heterocycles. The van der Waals surface area contributed by atoms with Crippen LogP contribution in [0.2, 0.25) is 5.02 Å². The highest BCUT2D eigenvalue weighted by Gasteiger charge is 2.15. The van der Waals surface area contributed by atoms with Crippen LogP contribution in [0.1, 0.15) is 22.8 Å². The van der Waals surface area contributed by atoms with Gasteiger partial charge in [0.05, 0.1) is 16.7 Å².